The first-order valence-electron chi connectivity index (χ1n) is 5.40. The summed E-state index contributed by atoms with van der Waals surface area (Å²) in [5, 5.41) is 4.99. The Hall–Kier alpha value is -1.23. The Morgan fingerprint density at radius 1 is 1.50 bits per heavy atom. The van der Waals surface area contributed by atoms with Crippen molar-refractivity contribution in [3.8, 4) is 5.88 Å². The molecular formula is C11H13N3OS. The average molecular weight is 235 g/mol. The van der Waals surface area contributed by atoms with Crippen molar-refractivity contribution in [1.82, 2.24) is 14.6 Å². The maximum Gasteiger partial charge on any atom is 0.216 e. The normalized spacial score (nSPS) is 20.4. The lowest BCUT2D eigenvalue weighted by Gasteiger charge is -2.01. The molecule has 1 atom stereocenters. The first kappa shape index (κ1) is 9.96. The lowest BCUT2D eigenvalue weighted by Crippen LogP contribution is -1.96. The fourth-order valence-corrected chi connectivity index (χ4v) is 3.17. The number of nitrogens with zero attached hydrogens (tertiary/aromatic N) is 3. The minimum atomic E-state index is 0.463. The van der Waals surface area contributed by atoms with Crippen molar-refractivity contribution in [3.05, 3.63) is 24.0 Å². The minimum Gasteiger partial charge on any atom is -0.481 e. The summed E-state index contributed by atoms with van der Waals surface area (Å²) in [7, 11) is 1.65. The number of thioether (sulfide) groups is 1. The topological polar surface area (TPSA) is 39.4 Å². The summed E-state index contributed by atoms with van der Waals surface area (Å²) in [6.45, 7) is 0. The molecule has 16 heavy (non-hydrogen) atoms. The van der Waals surface area contributed by atoms with Crippen molar-refractivity contribution in [2.75, 3.05) is 12.9 Å². The molecule has 3 rings (SSSR count). The molecule has 0 saturated carbocycles. The van der Waals surface area contributed by atoms with Crippen LogP contribution in [-0.2, 0) is 0 Å². The molecule has 1 fully saturated rings. The number of hydrogen-bond donors (Lipinski definition) is 0. The highest BCUT2D eigenvalue weighted by Crippen LogP contribution is 2.38. The van der Waals surface area contributed by atoms with E-state index in [0.29, 0.717) is 5.25 Å². The molecular weight excluding hydrogens is 222 g/mol. The maximum atomic E-state index is 5.26. The van der Waals surface area contributed by atoms with Crippen LogP contribution in [0.5, 0.6) is 5.88 Å². The van der Waals surface area contributed by atoms with Crippen LogP contribution < -0.4 is 4.74 Å². The van der Waals surface area contributed by atoms with Crippen LogP contribution in [-0.4, -0.2) is 27.5 Å². The zero-order valence-electron chi connectivity index (χ0n) is 9.09. The number of pyridine rings is 1. The fourth-order valence-electron chi connectivity index (χ4n) is 1.97. The van der Waals surface area contributed by atoms with Gasteiger partial charge in [-0.15, -0.1) is 5.10 Å². The van der Waals surface area contributed by atoms with Crippen molar-refractivity contribution in [2.24, 2.45) is 0 Å². The first-order chi connectivity index (χ1) is 7.88. The van der Waals surface area contributed by atoms with Crippen LogP contribution in [0.4, 0.5) is 0 Å². The van der Waals surface area contributed by atoms with Crippen LogP contribution in [0.25, 0.3) is 5.65 Å². The molecule has 0 amide bonds. The number of aromatic nitrogens is 3. The number of fused-ring (bicyclic) bond motifs is 1. The molecule has 4 nitrogen and oxygen atoms in total. The summed E-state index contributed by atoms with van der Waals surface area (Å²) in [5.74, 6) is 2.89. The lowest BCUT2D eigenvalue weighted by molar-refractivity contribution is 0.385. The van der Waals surface area contributed by atoms with Gasteiger partial charge in [0.25, 0.3) is 0 Å². The van der Waals surface area contributed by atoms with Crippen molar-refractivity contribution in [3.63, 3.8) is 0 Å². The summed E-state index contributed by atoms with van der Waals surface area (Å²) in [4.78, 5) is 4.55. The van der Waals surface area contributed by atoms with Crippen LogP contribution in [0, 0.1) is 0 Å². The van der Waals surface area contributed by atoms with E-state index in [2.05, 4.69) is 10.1 Å². The van der Waals surface area contributed by atoms with E-state index in [1.807, 2.05) is 30.0 Å². The largest absolute Gasteiger partial charge is 0.481 e. The molecule has 0 spiro atoms. The van der Waals surface area contributed by atoms with Crippen molar-refractivity contribution in [2.45, 2.75) is 18.1 Å². The van der Waals surface area contributed by atoms with Gasteiger partial charge >= 0.3 is 0 Å². The lowest BCUT2D eigenvalue weighted by atomic mass is 10.2. The van der Waals surface area contributed by atoms with E-state index in [-0.39, 0.29) is 0 Å². The third-order valence-electron chi connectivity index (χ3n) is 2.77. The summed E-state index contributed by atoms with van der Waals surface area (Å²) in [6, 6.07) is 5.79. The van der Waals surface area contributed by atoms with Crippen LogP contribution in [0.15, 0.2) is 18.2 Å². The third kappa shape index (κ3) is 1.55. The number of methoxy groups -OCH3 is 1. The molecule has 0 bridgehead atoms. The van der Waals surface area contributed by atoms with Gasteiger partial charge in [-0.05, 0) is 24.7 Å². The Labute approximate surface area is 98.0 Å². The quantitative estimate of drug-likeness (QED) is 0.800. The van der Waals surface area contributed by atoms with Crippen LogP contribution >= 0.6 is 11.8 Å². The van der Waals surface area contributed by atoms with E-state index in [1.54, 1.807) is 11.6 Å². The van der Waals surface area contributed by atoms with Gasteiger partial charge in [0, 0.05) is 6.07 Å². The second kappa shape index (κ2) is 3.97. The highest BCUT2D eigenvalue weighted by Gasteiger charge is 2.22. The number of rotatable bonds is 2. The van der Waals surface area contributed by atoms with Gasteiger partial charge in [0.15, 0.2) is 11.5 Å². The number of ether oxygens (including phenoxy) is 1. The zero-order chi connectivity index (χ0) is 11.0. The second-order valence-corrected chi connectivity index (χ2v) is 5.12. The van der Waals surface area contributed by atoms with Crippen molar-refractivity contribution in [1.29, 1.82) is 0 Å². The third-order valence-corrected chi connectivity index (χ3v) is 4.14. The van der Waals surface area contributed by atoms with Crippen molar-refractivity contribution < 1.29 is 4.74 Å². The van der Waals surface area contributed by atoms with E-state index < -0.39 is 0 Å². The van der Waals surface area contributed by atoms with Gasteiger partial charge in [0.2, 0.25) is 5.88 Å². The second-order valence-electron chi connectivity index (χ2n) is 3.81. The monoisotopic (exact) mass is 235 g/mol. The predicted octanol–water partition coefficient (Wildman–Crippen LogP) is 2.31. The SMILES string of the molecule is COc1cccc2nc(C3CCCS3)nn12. The first-order valence-corrected chi connectivity index (χ1v) is 6.44. The van der Waals surface area contributed by atoms with Crippen molar-refractivity contribution >= 4 is 17.4 Å². The van der Waals surface area contributed by atoms with E-state index in [0.717, 1.165) is 17.4 Å². The van der Waals surface area contributed by atoms with Crippen LogP contribution in [0.2, 0.25) is 0 Å². The van der Waals surface area contributed by atoms with Gasteiger partial charge in [-0.2, -0.15) is 16.3 Å². The van der Waals surface area contributed by atoms with Gasteiger partial charge in [-0.3, -0.25) is 0 Å². The standard InChI is InChI=1S/C11H13N3OS/c1-15-10-6-2-5-9-12-11(13-14(9)10)8-4-3-7-16-8/h2,5-6,8H,3-4,7H2,1H3. The Kier molecular flexibility index (Phi) is 2.47. The van der Waals surface area contributed by atoms with Gasteiger partial charge in [-0.1, -0.05) is 6.07 Å². The van der Waals surface area contributed by atoms with Gasteiger partial charge in [-0.25, -0.2) is 4.98 Å². The Morgan fingerprint density at radius 3 is 3.19 bits per heavy atom. The molecule has 1 saturated heterocycles. The molecule has 0 aliphatic carbocycles. The fraction of sp³-hybridized carbons (Fsp3) is 0.455. The maximum absolute atomic E-state index is 5.26. The van der Waals surface area contributed by atoms with Gasteiger partial charge in [0.05, 0.1) is 12.4 Å². The molecule has 1 aliphatic rings. The average Bonchev–Trinajstić information content (AvgIpc) is 2.96. The molecule has 1 unspecified atom stereocenters. The van der Waals surface area contributed by atoms with Gasteiger partial charge in [0.1, 0.15) is 0 Å². The molecule has 0 N–H and O–H groups in total. The Bertz CT molecular complexity index is 505. The molecule has 2 aromatic rings. The smallest absolute Gasteiger partial charge is 0.216 e. The summed E-state index contributed by atoms with van der Waals surface area (Å²) >= 11 is 1.95. The molecule has 3 heterocycles. The highest BCUT2D eigenvalue weighted by atomic mass is 32.2. The molecule has 5 heteroatoms. The van der Waals surface area contributed by atoms with E-state index in [1.165, 1.54) is 18.6 Å². The molecule has 84 valence electrons. The summed E-state index contributed by atoms with van der Waals surface area (Å²) in [5.41, 5.74) is 0.863. The Balaban J connectivity index is 2.07. The van der Waals surface area contributed by atoms with Crippen LogP contribution in [0.3, 0.4) is 0 Å². The summed E-state index contributed by atoms with van der Waals surface area (Å²) in [6.07, 6.45) is 2.45. The van der Waals surface area contributed by atoms with E-state index >= 15 is 0 Å². The molecule has 0 radical (unpaired) electrons. The number of hydrogen-bond acceptors (Lipinski definition) is 4. The van der Waals surface area contributed by atoms with Crippen LogP contribution in [0.1, 0.15) is 23.9 Å². The minimum absolute atomic E-state index is 0.463. The van der Waals surface area contributed by atoms with Gasteiger partial charge < -0.3 is 4.74 Å². The molecule has 1 aliphatic heterocycles. The molecule has 2 aromatic heterocycles. The summed E-state index contributed by atoms with van der Waals surface area (Å²) < 4.78 is 7.03. The van der Waals surface area contributed by atoms with E-state index in [4.69, 9.17) is 4.74 Å². The molecule has 0 aromatic carbocycles. The highest BCUT2D eigenvalue weighted by molar-refractivity contribution is 7.99. The Morgan fingerprint density at radius 2 is 2.44 bits per heavy atom. The zero-order valence-corrected chi connectivity index (χ0v) is 9.91. The van der Waals surface area contributed by atoms with E-state index in [9.17, 15) is 0 Å². The predicted molar refractivity (Wildman–Crippen MR) is 64.0 cm³/mol.